The Labute approximate surface area is 133 Å². The lowest BCUT2D eigenvalue weighted by Gasteiger charge is -2.31. The average Bonchev–Trinajstić information content (AvgIpc) is 2.93. The Balaban J connectivity index is 2.24. The van der Waals surface area contributed by atoms with Gasteiger partial charge in [-0.15, -0.1) is 0 Å². The van der Waals surface area contributed by atoms with Gasteiger partial charge < -0.3 is 4.90 Å². The van der Waals surface area contributed by atoms with E-state index in [1.165, 1.54) is 17.0 Å². The molecule has 4 nitrogen and oxygen atoms in total. The summed E-state index contributed by atoms with van der Waals surface area (Å²) < 4.78 is 29.2. The number of allylic oxidation sites excluding steroid dienone is 1. The molecule has 0 saturated carbocycles. The van der Waals surface area contributed by atoms with Crippen LogP contribution in [0.1, 0.15) is 30.9 Å². The first-order valence-corrected chi connectivity index (χ1v) is 7.52. The molecule has 0 aliphatic carbocycles. The molecule has 1 aliphatic heterocycles. The fraction of sp³-hybridized carbons (Fsp3) is 0.294. The first kappa shape index (κ1) is 15.4. The predicted molar refractivity (Wildman–Crippen MR) is 83.1 cm³/mol. The van der Waals surface area contributed by atoms with Crippen molar-refractivity contribution in [2.45, 2.75) is 26.7 Å². The fourth-order valence-corrected chi connectivity index (χ4v) is 2.86. The molecule has 2 heterocycles. The summed E-state index contributed by atoms with van der Waals surface area (Å²) in [4.78, 5) is 13.8. The van der Waals surface area contributed by atoms with E-state index in [0.717, 1.165) is 17.3 Å². The summed E-state index contributed by atoms with van der Waals surface area (Å²) in [6.45, 7) is 4.15. The SMILES string of the molecule is CCN1C(=O)CCC(n2cc(C)cn2)=C1c1ccc(F)cc1F. The van der Waals surface area contributed by atoms with Crippen LogP contribution in [-0.2, 0) is 4.79 Å². The van der Waals surface area contributed by atoms with Gasteiger partial charge in [0.05, 0.1) is 17.6 Å². The Bertz CT molecular complexity index is 795. The van der Waals surface area contributed by atoms with E-state index < -0.39 is 11.6 Å². The minimum atomic E-state index is -0.686. The Hall–Kier alpha value is -2.50. The number of carbonyl (C=O) groups excluding carboxylic acids is 1. The van der Waals surface area contributed by atoms with Crippen LogP contribution in [0, 0.1) is 18.6 Å². The zero-order valence-electron chi connectivity index (χ0n) is 13.0. The highest BCUT2D eigenvalue weighted by Crippen LogP contribution is 2.34. The predicted octanol–water partition coefficient (Wildman–Crippen LogP) is 3.44. The van der Waals surface area contributed by atoms with Crippen LogP contribution in [0.4, 0.5) is 8.78 Å². The highest BCUT2D eigenvalue weighted by molar-refractivity contribution is 5.97. The number of hydrogen-bond acceptors (Lipinski definition) is 2. The number of benzene rings is 1. The number of nitrogens with zero attached hydrogens (tertiary/aromatic N) is 3. The summed E-state index contributed by atoms with van der Waals surface area (Å²) in [6, 6.07) is 3.41. The van der Waals surface area contributed by atoms with Crippen molar-refractivity contribution in [2.24, 2.45) is 0 Å². The van der Waals surface area contributed by atoms with Gasteiger partial charge >= 0.3 is 0 Å². The van der Waals surface area contributed by atoms with E-state index >= 15 is 0 Å². The van der Waals surface area contributed by atoms with E-state index in [1.807, 2.05) is 20.0 Å². The van der Waals surface area contributed by atoms with Crippen molar-refractivity contribution in [1.82, 2.24) is 14.7 Å². The maximum absolute atomic E-state index is 14.3. The van der Waals surface area contributed by atoms with Crippen molar-refractivity contribution in [3.05, 3.63) is 53.4 Å². The third-order valence-electron chi connectivity index (χ3n) is 3.91. The molecule has 0 atom stereocenters. The van der Waals surface area contributed by atoms with E-state index in [-0.39, 0.29) is 11.5 Å². The van der Waals surface area contributed by atoms with Gasteiger partial charge in [-0.3, -0.25) is 4.79 Å². The van der Waals surface area contributed by atoms with Crippen LogP contribution < -0.4 is 0 Å². The number of amides is 1. The zero-order valence-corrected chi connectivity index (χ0v) is 13.0. The van der Waals surface area contributed by atoms with Gasteiger partial charge in [0.25, 0.3) is 0 Å². The summed E-state index contributed by atoms with van der Waals surface area (Å²) in [5.41, 5.74) is 2.38. The summed E-state index contributed by atoms with van der Waals surface area (Å²) >= 11 is 0. The summed E-state index contributed by atoms with van der Waals surface area (Å²) in [5.74, 6) is -1.40. The van der Waals surface area contributed by atoms with Gasteiger partial charge in [-0.05, 0) is 31.5 Å². The molecule has 0 radical (unpaired) electrons. The molecule has 2 aromatic rings. The highest BCUT2D eigenvalue weighted by atomic mass is 19.1. The molecule has 3 rings (SSSR count). The van der Waals surface area contributed by atoms with Gasteiger partial charge in [0.1, 0.15) is 11.6 Å². The van der Waals surface area contributed by atoms with Crippen LogP contribution in [-0.4, -0.2) is 27.1 Å². The van der Waals surface area contributed by atoms with Crippen LogP contribution in [0.2, 0.25) is 0 Å². The minimum absolute atomic E-state index is 0.0705. The van der Waals surface area contributed by atoms with Crippen molar-refractivity contribution in [1.29, 1.82) is 0 Å². The second kappa shape index (κ2) is 5.95. The second-order valence-electron chi connectivity index (χ2n) is 5.52. The summed E-state index contributed by atoms with van der Waals surface area (Å²) in [6.07, 6.45) is 4.34. The number of aryl methyl sites for hydroxylation is 1. The molecule has 120 valence electrons. The maximum Gasteiger partial charge on any atom is 0.227 e. The van der Waals surface area contributed by atoms with Crippen LogP contribution in [0.15, 0.2) is 30.6 Å². The fourth-order valence-electron chi connectivity index (χ4n) is 2.86. The average molecular weight is 317 g/mol. The lowest BCUT2D eigenvalue weighted by Crippen LogP contribution is -2.34. The molecule has 1 aliphatic rings. The Morgan fingerprint density at radius 2 is 2.04 bits per heavy atom. The molecule has 0 bridgehead atoms. The maximum atomic E-state index is 14.3. The van der Waals surface area contributed by atoms with Crippen molar-refractivity contribution in [3.63, 3.8) is 0 Å². The number of carbonyl (C=O) groups is 1. The zero-order chi connectivity index (χ0) is 16.6. The standard InChI is InChI=1S/C17H17F2N3O/c1-3-21-16(23)7-6-15(22-10-11(2)9-20-22)17(21)13-5-4-12(18)8-14(13)19/h4-5,8-10H,3,6-7H2,1-2H3. The van der Waals surface area contributed by atoms with E-state index in [4.69, 9.17) is 0 Å². The van der Waals surface area contributed by atoms with E-state index in [0.29, 0.717) is 25.1 Å². The minimum Gasteiger partial charge on any atom is -0.310 e. The topological polar surface area (TPSA) is 38.1 Å². The molecule has 0 N–H and O–H groups in total. The molecule has 0 fully saturated rings. The van der Waals surface area contributed by atoms with Gasteiger partial charge in [0.2, 0.25) is 5.91 Å². The first-order chi connectivity index (χ1) is 11.0. The molecule has 1 amide bonds. The van der Waals surface area contributed by atoms with Crippen LogP contribution >= 0.6 is 0 Å². The van der Waals surface area contributed by atoms with Crippen molar-refractivity contribution in [2.75, 3.05) is 6.54 Å². The number of hydrogen-bond donors (Lipinski definition) is 0. The molecule has 1 aromatic heterocycles. The van der Waals surface area contributed by atoms with Gasteiger partial charge in [-0.25, -0.2) is 13.5 Å². The van der Waals surface area contributed by atoms with Crippen LogP contribution in [0.5, 0.6) is 0 Å². The van der Waals surface area contributed by atoms with Crippen molar-refractivity contribution < 1.29 is 13.6 Å². The summed E-state index contributed by atoms with van der Waals surface area (Å²) in [7, 11) is 0. The molecule has 6 heteroatoms. The van der Waals surface area contributed by atoms with E-state index in [1.54, 1.807) is 10.9 Å². The third-order valence-corrected chi connectivity index (χ3v) is 3.91. The van der Waals surface area contributed by atoms with Gasteiger partial charge in [-0.2, -0.15) is 5.10 Å². The molecule has 23 heavy (non-hydrogen) atoms. The number of halogens is 2. The molecule has 0 spiro atoms. The highest BCUT2D eigenvalue weighted by Gasteiger charge is 2.29. The number of rotatable bonds is 3. The van der Waals surface area contributed by atoms with Crippen molar-refractivity contribution in [3.8, 4) is 0 Å². The van der Waals surface area contributed by atoms with E-state index in [9.17, 15) is 13.6 Å². The number of aromatic nitrogens is 2. The lowest BCUT2D eigenvalue weighted by molar-refractivity contribution is -0.128. The second-order valence-corrected chi connectivity index (χ2v) is 5.52. The first-order valence-electron chi connectivity index (χ1n) is 7.52. The van der Waals surface area contributed by atoms with Gasteiger partial charge in [-0.1, -0.05) is 0 Å². The molecule has 1 aromatic carbocycles. The van der Waals surface area contributed by atoms with E-state index in [2.05, 4.69) is 5.10 Å². The van der Waals surface area contributed by atoms with Gasteiger partial charge in [0, 0.05) is 37.2 Å². The molecule has 0 saturated heterocycles. The Morgan fingerprint density at radius 3 is 2.65 bits per heavy atom. The quantitative estimate of drug-likeness (QED) is 0.870. The van der Waals surface area contributed by atoms with Crippen LogP contribution in [0.3, 0.4) is 0 Å². The molecular formula is C17H17F2N3O. The van der Waals surface area contributed by atoms with Gasteiger partial charge in [0.15, 0.2) is 0 Å². The normalized spacial score (nSPS) is 15.5. The Kier molecular flexibility index (Phi) is 3.98. The monoisotopic (exact) mass is 317 g/mol. The molecule has 0 unspecified atom stereocenters. The largest absolute Gasteiger partial charge is 0.310 e. The Morgan fingerprint density at radius 1 is 1.26 bits per heavy atom. The van der Waals surface area contributed by atoms with Crippen molar-refractivity contribution >= 4 is 17.3 Å². The lowest BCUT2D eigenvalue weighted by atomic mass is 10.0. The molecular weight excluding hydrogens is 300 g/mol. The van der Waals surface area contributed by atoms with Crippen LogP contribution in [0.25, 0.3) is 11.4 Å². The third kappa shape index (κ3) is 2.76. The summed E-state index contributed by atoms with van der Waals surface area (Å²) in [5, 5.41) is 4.28. The smallest absolute Gasteiger partial charge is 0.227 e.